The lowest BCUT2D eigenvalue weighted by atomic mass is 10.1. The number of benzene rings is 1. The van der Waals surface area contributed by atoms with Gasteiger partial charge in [0.2, 0.25) is 0 Å². The largest absolute Gasteiger partial charge is 0.378 e. The van der Waals surface area contributed by atoms with Crippen LogP contribution in [0.15, 0.2) is 18.2 Å². The molecule has 1 unspecified atom stereocenters. The number of aliphatic hydroxyl groups excluding tert-OH is 1. The highest BCUT2D eigenvalue weighted by atomic mass is 19.1. The van der Waals surface area contributed by atoms with Crippen molar-refractivity contribution in [3.05, 3.63) is 35.4 Å². The molecular formula is C8H5F3O2. The highest BCUT2D eigenvalue weighted by Crippen LogP contribution is 2.17. The molecule has 0 saturated carbocycles. The summed E-state index contributed by atoms with van der Waals surface area (Å²) in [6.45, 7) is 0. The van der Waals surface area contributed by atoms with Crippen molar-refractivity contribution in [3.63, 3.8) is 0 Å². The summed E-state index contributed by atoms with van der Waals surface area (Å²) in [5.74, 6) is -1.95. The maximum Gasteiger partial charge on any atom is 0.334 e. The smallest absolute Gasteiger partial charge is 0.334 e. The number of hydrogen-bond donors (Lipinski definition) is 1. The van der Waals surface area contributed by atoms with Crippen LogP contribution >= 0.6 is 0 Å². The van der Waals surface area contributed by atoms with Crippen LogP contribution in [0.1, 0.15) is 11.7 Å². The molecule has 0 aromatic heterocycles. The molecule has 2 nitrogen and oxygen atoms in total. The molecule has 1 rings (SSSR count). The maximum absolute atomic E-state index is 12.5. The fourth-order valence-electron chi connectivity index (χ4n) is 0.864. The minimum absolute atomic E-state index is 0.440. The molecule has 1 N–H and O–H groups in total. The van der Waals surface area contributed by atoms with Crippen LogP contribution in [0.4, 0.5) is 13.2 Å². The second kappa shape index (κ2) is 3.57. The lowest BCUT2D eigenvalue weighted by Gasteiger charge is -2.04. The SMILES string of the molecule is O=C(F)C(O)c1cc(F)cc(F)c1. The average molecular weight is 190 g/mol. The Bertz CT molecular complexity index is 318. The molecule has 0 bridgehead atoms. The van der Waals surface area contributed by atoms with Crippen LogP contribution in [-0.4, -0.2) is 11.1 Å². The molecule has 5 heteroatoms. The molecule has 0 aliphatic heterocycles. The number of carbonyl (C=O) groups excluding carboxylic acids is 1. The van der Waals surface area contributed by atoms with E-state index in [1.54, 1.807) is 0 Å². The van der Waals surface area contributed by atoms with Crippen molar-refractivity contribution in [1.29, 1.82) is 0 Å². The molecule has 1 atom stereocenters. The molecule has 0 amide bonds. The van der Waals surface area contributed by atoms with Gasteiger partial charge in [-0.15, -0.1) is 0 Å². The third-order valence-electron chi connectivity index (χ3n) is 1.42. The molecule has 0 saturated heterocycles. The van der Waals surface area contributed by atoms with Crippen LogP contribution < -0.4 is 0 Å². The van der Waals surface area contributed by atoms with Crippen LogP contribution in [0.2, 0.25) is 0 Å². The van der Waals surface area contributed by atoms with E-state index in [1.807, 2.05) is 0 Å². The van der Waals surface area contributed by atoms with E-state index in [0.29, 0.717) is 18.2 Å². The van der Waals surface area contributed by atoms with Crippen molar-refractivity contribution >= 4 is 6.04 Å². The second-order valence-electron chi connectivity index (χ2n) is 2.41. The average Bonchev–Trinajstić information content (AvgIpc) is 2.01. The summed E-state index contributed by atoms with van der Waals surface area (Å²) in [4.78, 5) is 10.0. The van der Waals surface area contributed by atoms with Crippen molar-refractivity contribution in [2.45, 2.75) is 6.10 Å². The van der Waals surface area contributed by atoms with Gasteiger partial charge in [0.15, 0.2) is 6.10 Å². The fraction of sp³-hybridized carbons (Fsp3) is 0.125. The first-order valence-electron chi connectivity index (χ1n) is 3.34. The van der Waals surface area contributed by atoms with Crippen molar-refractivity contribution in [1.82, 2.24) is 0 Å². The van der Waals surface area contributed by atoms with Gasteiger partial charge in [0.25, 0.3) is 0 Å². The van der Waals surface area contributed by atoms with Gasteiger partial charge in [0.05, 0.1) is 0 Å². The zero-order valence-electron chi connectivity index (χ0n) is 6.30. The number of hydrogen-bond acceptors (Lipinski definition) is 2. The van der Waals surface area contributed by atoms with E-state index in [0.717, 1.165) is 0 Å². The summed E-state index contributed by atoms with van der Waals surface area (Å²) < 4.78 is 36.8. The third-order valence-corrected chi connectivity index (χ3v) is 1.42. The highest BCUT2D eigenvalue weighted by molar-refractivity contribution is 5.74. The van der Waals surface area contributed by atoms with Gasteiger partial charge in [-0.1, -0.05) is 0 Å². The molecule has 0 heterocycles. The quantitative estimate of drug-likeness (QED) is 0.717. The number of rotatable bonds is 2. The number of carbonyl (C=O) groups is 1. The van der Waals surface area contributed by atoms with Crippen LogP contribution in [-0.2, 0) is 4.79 Å². The van der Waals surface area contributed by atoms with Gasteiger partial charge >= 0.3 is 6.04 Å². The molecular weight excluding hydrogens is 185 g/mol. The predicted octanol–water partition coefficient (Wildman–Crippen LogP) is 1.49. The molecule has 1 aromatic carbocycles. The van der Waals surface area contributed by atoms with Gasteiger partial charge in [-0.05, 0) is 17.7 Å². The Hall–Kier alpha value is -1.36. The standard InChI is InChI=1S/C8H5F3O2/c9-5-1-4(2-6(10)3-5)7(12)8(11)13/h1-3,7,12H. The number of halogens is 3. The summed E-state index contributed by atoms with van der Waals surface area (Å²) in [5, 5.41) is 8.79. The predicted molar refractivity (Wildman–Crippen MR) is 37.4 cm³/mol. The maximum atomic E-state index is 12.5. The molecule has 0 radical (unpaired) electrons. The Morgan fingerprint density at radius 1 is 1.23 bits per heavy atom. The van der Waals surface area contributed by atoms with Crippen molar-refractivity contribution in [2.24, 2.45) is 0 Å². The van der Waals surface area contributed by atoms with E-state index in [2.05, 4.69) is 0 Å². The second-order valence-corrected chi connectivity index (χ2v) is 2.41. The van der Waals surface area contributed by atoms with Crippen LogP contribution in [0.5, 0.6) is 0 Å². The third kappa shape index (κ3) is 2.29. The minimum Gasteiger partial charge on any atom is -0.378 e. The Morgan fingerprint density at radius 3 is 2.08 bits per heavy atom. The van der Waals surface area contributed by atoms with E-state index in [9.17, 15) is 18.0 Å². The monoisotopic (exact) mass is 190 g/mol. The normalized spacial score (nSPS) is 12.6. The van der Waals surface area contributed by atoms with Gasteiger partial charge in [-0.2, -0.15) is 4.39 Å². The van der Waals surface area contributed by atoms with Gasteiger partial charge < -0.3 is 5.11 Å². The van der Waals surface area contributed by atoms with Gasteiger partial charge in [-0.25, -0.2) is 8.78 Å². The van der Waals surface area contributed by atoms with Crippen molar-refractivity contribution in [3.8, 4) is 0 Å². The van der Waals surface area contributed by atoms with Gasteiger partial charge in [0.1, 0.15) is 11.6 Å². The first-order valence-corrected chi connectivity index (χ1v) is 3.34. The topological polar surface area (TPSA) is 37.3 Å². The van der Waals surface area contributed by atoms with Crippen molar-refractivity contribution < 1.29 is 23.1 Å². The first kappa shape index (κ1) is 9.73. The van der Waals surface area contributed by atoms with E-state index in [1.165, 1.54) is 0 Å². The van der Waals surface area contributed by atoms with Crippen LogP contribution in [0.3, 0.4) is 0 Å². The molecule has 0 aliphatic carbocycles. The highest BCUT2D eigenvalue weighted by Gasteiger charge is 2.17. The first-order chi connectivity index (χ1) is 6.00. The zero-order valence-corrected chi connectivity index (χ0v) is 6.30. The minimum atomic E-state index is -2.12. The molecule has 0 spiro atoms. The summed E-state index contributed by atoms with van der Waals surface area (Å²) in [5.41, 5.74) is -0.440. The van der Waals surface area contributed by atoms with Gasteiger partial charge in [0, 0.05) is 6.07 Å². The van der Waals surface area contributed by atoms with E-state index >= 15 is 0 Å². The Balaban J connectivity index is 3.07. The Morgan fingerprint density at radius 2 is 1.69 bits per heavy atom. The Labute approximate surface area is 71.6 Å². The molecule has 0 fully saturated rings. The number of aliphatic hydroxyl groups is 1. The molecule has 13 heavy (non-hydrogen) atoms. The summed E-state index contributed by atoms with van der Waals surface area (Å²) >= 11 is 0. The lowest BCUT2D eigenvalue weighted by molar-refractivity contribution is -0.138. The van der Waals surface area contributed by atoms with Crippen molar-refractivity contribution in [2.75, 3.05) is 0 Å². The van der Waals surface area contributed by atoms with Crippen LogP contribution in [0, 0.1) is 11.6 Å². The summed E-state index contributed by atoms with van der Waals surface area (Å²) in [6, 6.07) is -0.125. The fourth-order valence-corrected chi connectivity index (χ4v) is 0.864. The van der Waals surface area contributed by atoms with E-state index in [4.69, 9.17) is 5.11 Å². The van der Waals surface area contributed by atoms with E-state index in [-0.39, 0.29) is 0 Å². The van der Waals surface area contributed by atoms with Gasteiger partial charge in [-0.3, -0.25) is 4.79 Å². The Kier molecular flexibility index (Phi) is 2.67. The molecule has 1 aromatic rings. The zero-order chi connectivity index (χ0) is 10.0. The summed E-state index contributed by atoms with van der Waals surface area (Å²) in [7, 11) is 0. The summed E-state index contributed by atoms with van der Waals surface area (Å²) in [6.07, 6.45) is -2.12. The lowest BCUT2D eigenvalue weighted by Crippen LogP contribution is -2.06. The van der Waals surface area contributed by atoms with E-state index < -0.39 is 29.3 Å². The van der Waals surface area contributed by atoms with Crippen LogP contribution in [0.25, 0.3) is 0 Å². The molecule has 0 aliphatic rings. The molecule has 70 valence electrons.